The summed E-state index contributed by atoms with van der Waals surface area (Å²) in [5, 5.41) is 0. The number of para-hydroxylation sites is 2. The van der Waals surface area contributed by atoms with Crippen LogP contribution in [-0.4, -0.2) is 10.9 Å². The van der Waals surface area contributed by atoms with E-state index in [1.54, 1.807) is 0 Å². The third-order valence-electron chi connectivity index (χ3n) is 10.6. The smallest absolute Gasteiger partial charge is 0.0556 e. The van der Waals surface area contributed by atoms with Crippen molar-refractivity contribution in [1.29, 1.82) is 0 Å². The molecule has 2 heteroatoms. The zero-order valence-electron chi connectivity index (χ0n) is 28.7. The zero-order valence-corrected chi connectivity index (χ0v) is 28.7. The van der Waals surface area contributed by atoms with Crippen LogP contribution in [0.1, 0.15) is 69.9 Å². The van der Waals surface area contributed by atoms with Crippen molar-refractivity contribution < 1.29 is 0 Å². The summed E-state index contributed by atoms with van der Waals surface area (Å²) < 4.78 is 0. The van der Waals surface area contributed by atoms with Gasteiger partial charge in [0.2, 0.25) is 0 Å². The van der Waals surface area contributed by atoms with Crippen LogP contribution in [0.4, 0.5) is 17.1 Å². The van der Waals surface area contributed by atoms with Crippen molar-refractivity contribution in [2.45, 2.75) is 70.3 Å². The Morgan fingerprint density at radius 3 is 2.14 bits per heavy atom. The van der Waals surface area contributed by atoms with E-state index in [2.05, 4.69) is 175 Å². The van der Waals surface area contributed by atoms with Crippen LogP contribution in [0.25, 0.3) is 5.57 Å². The molecule has 0 saturated carbocycles. The maximum absolute atomic E-state index is 3.63. The maximum atomic E-state index is 3.63. The molecule has 0 saturated heterocycles. The number of hydrogen-bond donors (Lipinski definition) is 0. The predicted octanol–water partition coefficient (Wildman–Crippen LogP) is 11.9. The molecule has 0 fully saturated rings. The lowest BCUT2D eigenvalue weighted by Gasteiger charge is -2.37. The SMILES string of the molecule is CC1(C)C2=C(CCC(C#CC3=CC=C(N(C4=CCCC=C4)C4C=CC=CC4)CC3)=C2)c2ccc(N(c3ccccc3)c3ccccc3)cc21. The van der Waals surface area contributed by atoms with Gasteiger partial charge in [0.05, 0.1) is 6.04 Å². The molecule has 1 atom stereocenters. The highest BCUT2D eigenvalue weighted by Crippen LogP contribution is 2.52. The van der Waals surface area contributed by atoms with E-state index in [1.165, 1.54) is 50.5 Å². The second-order valence-corrected chi connectivity index (χ2v) is 14.1. The number of fused-ring (bicyclic) bond motifs is 2. The molecule has 2 nitrogen and oxygen atoms in total. The highest BCUT2D eigenvalue weighted by atomic mass is 15.2. The minimum Gasteiger partial charge on any atom is -0.338 e. The number of hydrogen-bond acceptors (Lipinski definition) is 2. The maximum Gasteiger partial charge on any atom is 0.0556 e. The minimum absolute atomic E-state index is 0.0940. The summed E-state index contributed by atoms with van der Waals surface area (Å²) in [6.45, 7) is 4.77. The molecular formula is C47H44N2. The van der Waals surface area contributed by atoms with Gasteiger partial charge in [-0.25, -0.2) is 0 Å². The van der Waals surface area contributed by atoms with E-state index in [-0.39, 0.29) is 5.41 Å². The second-order valence-electron chi connectivity index (χ2n) is 14.1. The molecule has 5 aliphatic rings. The lowest BCUT2D eigenvalue weighted by molar-refractivity contribution is 0.355. The second kappa shape index (κ2) is 13.3. The molecule has 8 rings (SSSR count). The molecule has 0 radical (unpaired) electrons. The Labute approximate surface area is 292 Å². The fourth-order valence-corrected chi connectivity index (χ4v) is 8.06. The van der Waals surface area contributed by atoms with E-state index < -0.39 is 0 Å². The zero-order chi connectivity index (χ0) is 33.2. The molecular weight excluding hydrogens is 593 g/mol. The number of allylic oxidation sites excluding steroid dienone is 13. The summed E-state index contributed by atoms with van der Waals surface area (Å²) in [5.74, 6) is 7.22. The third kappa shape index (κ3) is 6.11. The van der Waals surface area contributed by atoms with E-state index in [9.17, 15) is 0 Å². The van der Waals surface area contributed by atoms with Gasteiger partial charge < -0.3 is 9.80 Å². The first-order chi connectivity index (χ1) is 24.1. The molecule has 0 aromatic heterocycles. The molecule has 0 heterocycles. The van der Waals surface area contributed by atoms with Gasteiger partial charge >= 0.3 is 0 Å². The predicted molar refractivity (Wildman–Crippen MR) is 207 cm³/mol. The van der Waals surface area contributed by atoms with Crippen molar-refractivity contribution in [3.63, 3.8) is 0 Å². The van der Waals surface area contributed by atoms with Gasteiger partial charge in [-0.3, -0.25) is 0 Å². The Kier molecular flexibility index (Phi) is 8.44. The van der Waals surface area contributed by atoms with Crippen LogP contribution in [0.5, 0.6) is 0 Å². The number of benzene rings is 3. The molecule has 1 unspecified atom stereocenters. The van der Waals surface area contributed by atoms with Crippen LogP contribution >= 0.6 is 0 Å². The number of rotatable bonds is 6. The summed E-state index contributed by atoms with van der Waals surface area (Å²) in [5.41, 5.74) is 14.4. The summed E-state index contributed by atoms with van der Waals surface area (Å²) in [7, 11) is 0. The van der Waals surface area contributed by atoms with Crippen LogP contribution in [0, 0.1) is 11.8 Å². The Morgan fingerprint density at radius 1 is 0.714 bits per heavy atom. The summed E-state index contributed by atoms with van der Waals surface area (Å²) in [4.78, 5) is 4.92. The highest BCUT2D eigenvalue weighted by Gasteiger charge is 2.38. The molecule has 3 aromatic rings. The van der Waals surface area contributed by atoms with Gasteiger partial charge in [-0.05, 0) is 128 Å². The minimum atomic E-state index is -0.0940. The van der Waals surface area contributed by atoms with Crippen molar-refractivity contribution in [3.8, 4) is 11.8 Å². The fourth-order valence-electron chi connectivity index (χ4n) is 8.06. The van der Waals surface area contributed by atoms with Crippen LogP contribution in [0.3, 0.4) is 0 Å². The van der Waals surface area contributed by atoms with Gasteiger partial charge in [0.1, 0.15) is 0 Å². The highest BCUT2D eigenvalue weighted by molar-refractivity contribution is 5.87. The van der Waals surface area contributed by atoms with Gasteiger partial charge in [-0.15, -0.1) is 0 Å². The first kappa shape index (κ1) is 31.0. The van der Waals surface area contributed by atoms with Crippen molar-refractivity contribution in [2.75, 3.05) is 4.90 Å². The molecule has 0 aliphatic heterocycles. The van der Waals surface area contributed by atoms with Crippen molar-refractivity contribution >= 4 is 22.6 Å². The van der Waals surface area contributed by atoms with Crippen LogP contribution in [-0.2, 0) is 5.41 Å². The van der Waals surface area contributed by atoms with Crippen molar-refractivity contribution in [1.82, 2.24) is 4.90 Å². The van der Waals surface area contributed by atoms with Crippen LogP contribution < -0.4 is 4.90 Å². The molecule has 5 aliphatic carbocycles. The largest absolute Gasteiger partial charge is 0.338 e. The van der Waals surface area contributed by atoms with Gasteiger partial charge in [-0.1, -0.05) is 105 Å². The molecule has 0 N–H and O–H groups in total. The van der Waals surface area contributed by atoms with Gasteiger partial charge in [0.25, 0.3) is 0 Å². The summed E-state index contributed by atoms with van der Waals surface area (Å²) in [6.07, 6.45) is 30.3. The lowest BCUT2D eigenvalue weighted by Crippen LogP contribution is -2.33. The molecule has 3 aromatic carbocycles. The van der Waals surface area contributed by atoms with E-state index in [0.717, 1.165) is 56.3 Å². The topological polar surface area (TPSA) is 6.48 Å². The Balaban J connectivity index is 1.05. The molecule has 0 spiro atoms. The van der Waals surface area contributed by atoms with Gasteiger partial charge in [0, 0.05) is 45.0 Å². The Bertz CT molecular complexity index is 2030. The molecule has 242 valence electrons. The third-order valence-corrected chi connectivity index (χ3v) is 10.6. The van der Waals surface area contributed by atoms with E-state index >= 15 is 0 Å². The summed E-state index contributed by atoms with van der Waals surface area (Å²) >= 11 is 0. The summed E-state index contributed by atoms with van der Waals surface area (Å²) in [6, 6.07) is 28.8. The first-order valence-corrected chi connectivity index (χ1v) is 18.0. The first-order valence-electron chi connectivity index (χ1n) is 18.0. The molecule has 0 amide bonds. The fraction of sp³-hybridized carbons (Fsp3) is 0.234. The average molecular weight is 637 g/mol. The van der Waals surface area contributed by atoms with Gasteiger partial charge in [-0.2, -0.15) is 0 Å². The number of anilines is 3. The average Bonchev–Trinajstić information content (AvgIpc) is 3.38. The Hall–Kier alpha value is -5.26. The van der Waals surface area contributed by atoms with Gasteiger partial charge in [0.15, 0.2) is 0 Å². The van der Waals surface area contributed by atoms with E-state index in [1.807, 2.05) is 0 Å². The number of nitrogens with zero attached hydrogens (tertiary/aromatic N) is 2. The van der Waals surface area contributed by atoms with Crippen LogP contribution in [0.2, 0.25) is 0 Å². The molecule has 49 heavy (non-hydrogen) atoms. The monoisotopic (exact) mass is 636 g/mol. The quantitative estimate of drug-likeness (QED) is 0.248. The Morgan fingerprint density at radius 2 is 1.47 bits per heavy atom. The van der Waals surface area contributed by atoms with Crippen LogP contribution in [0.15, 0.2) is 168 Å². The normalized spacial score (nSPS) is 20.2. The molecule has 0 bridgehead atoms. The van der Waals surface area contributed by atoms with E-state index in [0.29, 0.717) is 6.04 Å². The lowest BCUT2D eigenvalue weighted by atomic mass is 9.79. The standard InChI is InChI=1S/C47H44N2/c1-47(2)45-33-36(24-23-35-25-28-41(29-26-35)48(37-15-7-3-8-16-37)38-17-9-4-10-18-38)27-31-43(45)44-32-30-42(34-46(44)47)49(39-19-11-5-12-20-39)40-21-13-6-14-22-40/h3,5-9,11-15,17-22,25,28,30,32-34,37H,4,10,16,26-27,29,31H2,1-2H3. The van der Waals surface area contributed by atoms with Crippen molar-refractivity contribution in [2.24, 2.45) is 0 Å². The van der Waals surface area contributed by atoms with Crippen molar-refractivity contribution in [3.05, 3.63) is 179 Å². The van der Waals surface area contributed by atoms with E-state index in [4.69, 9.17) is 0 Å².